The first-order valence-corrected chi connectivity index (χ1v) is 8.95. The first kappa shape index (κ1) is 18.2. The van der Waals surface area contributed by atoms with Crippen LogP contribution in [0.25, 0.3) is 23.0 Å². The summed E-state index contributed by atoms with van der Waals surface area (Å²) < 4.78 is 2.55. The van der Waals surface area contributed by atoms with Crippen molar-refractivity contribution in [3.8, 4) is 22.7 Å². The third kappa shape index (κ3) is 3.77. The zero-order chi connectivity index (χ0) is 20.2. The highest BCUT2D eigenvalue weighted by Gasteiger charge is 2.18. The van der Waals surface area contributed by atoms with Gasteiger partial charge in [0.25, 0.3) is 5.91 Å². The number of phenolic OH excluding ortho intramolecular Hbond substituents is 1. The van der Waals surface area contributed by atoms with E-state index in [0.717, 1.165) is 4.57 Å². The van der Waals surface area contributed by atoms with Crippen molar-refractivity contribution in [3.63, 3.8) is 0 Å². The normalized spacial score (nSPS) is 11.0. The first-order valence-electron chi connectivity index (χ1n) is 8.95. The van der Waals surface area contributed by atoms with Crippen LogP contribution in [-0.4, -0.2) is 25.1 Å². The molecule has 0 aliphatic rings. The summed E-state index contributed by atoms with van der Waals surface area (Å²) in [6, 6.07) is 19.2. The molecule has 0 fully saturated rings. The van der Waals surface area contributed by atoms with Gasteiger partial charge < -0.3 is 5.11 Å². The van der Waals surface area contributed by atoms with Gasteiger partial charge in [-0.05, 0) is 48.0 Å². The minimum Gasteiger partial charge on any atom is -0.508 e. The Hall–Kier alpha value is -4.19. The molecule has 6 heteroatoms. The third-order valence-electron chi connectivity index (χ3n) is 4.39. The lowest BCUT2D eigenvalue weighted by molar-refractivity contribution is 0.0967. The number of phenols is 1. The van der Waals surface area contributed by atoms with Crippen LogP contribution in [0.4, 0.5) is 0 Å². The molecule has 6 nitrogen and oxygen atoms in total. The van der Waals surface area contributed by atoms with Crippen LogP contribution in [0.5, 0.6) is 5.75 Å². The maximum atomic E-state index is 13.1. The van der Waals surface area contributed by atoms with Crippen LogP contribution in [0.2, 0.25) is 0 Å². The predicted octanol–water partition coefficient (Wildman–Crippen LogP) is 3.76. The fourth-order valence-corrected chi connectivity index (χ4v) is 3.02. The van der Waals surface area contributed by atoms with Gasteiger partial charge in [-0.1, -0.05) is 30.3 Å². The lowest BCUT2D eigenvalue weighted by Crippen LogP contribution is -2.27. The Bertz CT molecular complexity index is 1240. The van der Waals surface area contributed by atoms with E-state index < -0.39 is 11.6 Å². The van der Waals surface area contributed by atoms with E-state index in [1.807, 2.05) is 18.2 Å². The molecule has 0 saturated carbocycles. The first-order chi connectivity index (χ1) is 14.1. The molecule has 2 heterocycles. The molecule has 142 valence electrons. The van der Waals surface area contributed by atoms with E-state index in [4.69, 9.17) is 0 Å². The van der Waals surface area contributed by atoms with Crippen LogP contribution in [-0.2, 0) is 0 Å². The number of allylic oxidation sites excluding steroid dienone is 1. The molecular weight excluding hydrogens is 366 g/mol. The molecular formula is C23H17N3O3. The Morgan fingerprint density at radius 3 is 2.55 bits per heavy atom. The molecule has 2 aromatic heterocycles. The summed E-state index contributed by atoms with van der Waals surface area (Å²) in [4.78, 5) is 30.1. The van der Waals surface area contributed by atoms with Crippen molar-refractivity contribution < 1.29 is 9.90 Å². The van der Waals surface area contributed by atoms with Gasteiger partial charge in [-0.2, -0.15) is 0 Å². The Morgan fingerprint density at radius 1 is 1.00 bits per heavy atom. The molecule has 0 bridgehead atoms. The summed E-state index contributed by atoms with van der Waals surface area (Å²) in [7, 11) is 0. The summed E-state index contributed by atoms with van der Waals surface area (Å²) in [6.07, 6.45) is 7.73. The molecule has 0 saturated heterocycles. The zero-order valence-corrected chi connectivity index (χ0v) is 15.3. The van der Waals surface area contributed by atoms with Crippen molar-refractivity contribution in [1.82, 2.24) is 14.1 Å². The van der Waals surface area contributed by atoms with E-state index in [1.54, 1.807) is 67.1 Å². The van der Waals surface area contributed by atoms with Crippen molar-refractivity contribution >= 4 is 12.0 Å². The highest BCUT2D eigenvalue weighted by atomic mass is 16.3. The Morgan fingerprint density at radius 2 is 1.83 bits per heavy atom. The van der Waals surface area contributed by atoms with Crippen molar-refractivity contribution in [2.45, 2.75) is 0 Å². The minimum absolute atomic E-state index is 0.100. The molecule has 29 heavy (non-hydrogen) atoms. The second-order valence-corrected chi connectivity index (χ2v) is 6.35. The highest BCUT2D eigenvalue weighted by molar-refractivity contribution is 5.96. The summed E-state index contributed by atoms with van der Waals surface area (Å²) >= 11 is 0. The van der Waals surface area contributed by atoms with Crippen molar-refractivity contribution in [3.05, 3.63) is 107 Å². The van der Waals surface area contributed by atoms with Gasteiger partial charge in [0.15, 0.2) is 0 Å². The number of nitrogens with zero attached hydrogens (tertiary/aromatic N) is 3. The number of carbonyl (C=O) groups excluding carboxylic acids is 1. The van der Waals surface area contributed by atoms with Crippen LogP contribution >= 0.6 is 0 Å². The maximum Gasteiger partial charge on any atom is 0.340 e. The third-order valence-corrected chi connectivity index (χ3v) is 4.39. The van der Waals surface area contributed by atoms with E-state index in [0.29, 0.717) is 22.5 Å². The molecule has 4 aromatic rings. The number of para-hydroxylation sites is 1. The van der Waals surface area contributed by atoms with Crippen molar-refractivity contribution in [1.29, 1.82) is 0 Å². The quantitative estimate of drug-likeness (QED) is 0.545. The number of aromatic nitrogens is 3. The lowest BCUT2D eigenvalue weighted by atomic mass is 10.2. The molecule has 0 radical (unpaired) electrons. The Kier molecular flexibility index (Phi) is 4.90. The van der Waals surface area contributed by atoms with Gasteiger partial charge in [0.05, 0.1) is 11.4 Å². The smallest absolute Gasteiger partial charge is 0.340 e. The minimum atomic E-state index is -0.494. The van der Waals surface area contributed by atoms with E-state index in [9.17, 15) is 14.7 Å². The van der Waals surface area contributed by atoms with Gasteiger partial charge in [-0.25, -0.2) is 9.36 Å². The second-order valence-electron chi connectivity index (χ2n) is 6.35. The van der Waals surface area contributed by atoms with Gasteiger partial charge in [0.1, 0.15) is 5.75 Å². The molecule has 0 aliphatic heterocycles. The maximum absolute atomic E-state index is 13.1. The van der Waals surface area contributed by atoms with Crippen LogP contribution in [0, 0.1) is 0 Å². The average molecular weight is 383 g/mol. The van der Waals surface area contributed by atoms with E-state index in [-0.39, 0.29) is 5.75 Å². The Balaban J connectivity index is 1.82. The number of pyridine rings is 1. The number of imidazole rings is 1. The van der Waals surface area contributed by atoms with Gasteiger partial charge in [0.2, 0.25) is 0 Å². The lowest BCUT2D eigenvalue weighted by Gasteiger charge is -2.03. The van der Waals surface area contributed by atoms with Crippen molar-refractivity contribution in [2.75, 3.05) is 0 Å². The fraction of sp³-hybridized carbons (Fsp3) is 0. The van der Waals surface area contributed by atoms with E-state index >= 15 is 0 Å². The number of rotatable bonds is 4. The van der Waals surface area contributed by atoms with Gasteiger partial charge in [-0.15, -0.1) is 0 Å². The molecule has 4 rings (SSSR count). The topological polar surface area (TPSA) is 77.1 Å². The van der Waals surface area contributed by atoms with Gasteiger partial charge in [-0.3, -0.25) is 14.3 Å². The summed E-state index contributed by atoms with van der Waals surface area (Å²) in [6.45, 7) is 0. The van der Waals surface area contributed by atoms with Crippen LogP contribution in [0.15, 0.2) is 96.2 Å². The van der Waals surface area contributed by atoms with E-state index in [2.05, 4.69) is 4.98 Å². The predicted molar refractivity (Wildman–Crippen MR) is 111 cm³/mol. The molecule has 0 atom stereocenters. The van der Waals surface area contributed by atoms with E-state index in [1.165, 1.54) is 16.7 Å². The number of hydrogen-bond donors (Lipinski definition) is 1. The van der Waals surface area contributed by atoms with Crippen LogP contribution in [0.1, 0.15) is 10.4 Å². The number of benzene rings is 2. The monoisotopic (exact) mass is 383 g/mol. The number of hydrogen-bond acceptors (Lipinski definition) is 4. The SMILES string of the molecule is O=C(/C=C/c1cccc(O)c1)n1c(-c2cccnc2)cn(-c2ccccc2)c1=O. The molecule has 1 N–H and O–H groups in total. The summed E-state index contributed by atoms with van der Waals surface area (Å²) in [5.74, 6) is -0.394. The fourth-order valence-electron chi connectivity index (χ4n) is 3.02. The molecule has 2 aromatic carbocycles. The average Bonchev–Trinajstić information content (AvgIpc) is 3.10. The van der Waals surface area contributed by atoms with Crippen LogP contribution < -0.4 is 5.69 Å². The summed E-state index contributed by atoms with van der Waals surface area (Å²) in [5, 5.41) is 9.58. The molecule has 0 aliphatic carbocycles. The Labute approximate surface area is 166 Å². The molecule has 0 unspecified atom stereocenters. The molecule has 0 spiro atoms. The van der Waals surface area contributed by atoms with Crippen molar-refractivity contribution in [2.24, 2.45) is 0 Å². The number of aromatic hydroxyl groups is 1. The number of carbonyl (C=O) groups is 1. The second kappa shape index (κ2) is 7.82. The van der Waals surface area contributed by atoms with Crippen LogP contribution in [0.3, 0.4) is 0 Å². The largest absolute Gasteiger partial charge is 0.508 e. The molecule has 0 amide bonds. The highest BCUT2D eigenvalue weighted by Crippen LogP contribution is 2.19. The standard InChI is InChI=1S/C23H17N3O3/c27-20-10-4-6-17(14-20)11-12-22(28)26-21(18-7-5-13-24-15-18)16-25(23(26)29)19-8-2-1-3-9-19/h1-16,27H/b12-11+. The van der Waals surface area contributed by atoms with Gasteiger partial charge in [0, 0.05) is 30.2 Å². The summed E-state index contributed by atoms with van der Waals surface area (Å²) in [5.41, 5.74) is 1.93. The zero-order valence-electron chi connectivity index (χ0n) is 15.3. The van der Waals surface area contributed by atoms with Gasteiger partial charge >= 0.3 is 5.69 Å².